The molecule has 0 fully saturated rings. The van der Waals surface area contributed by atoms with E-state index in [1.54, 1.807) is 13.0 Å². The van der Waals surface area contributed by atoms with Gasteiger partial charge in [-0.1, -0.05) is 13.0 Å². The number of aryl methyl sites for hydroxylation is 2. The highest BCUT2D eigenvalue weighted by Crippen LogP contribution is 2.24. The molecule has 140 valence electrons. The molecular weight excluding hydrogens is 355 g/mol. The second kappa shape index (κ2) is 7.86. The molecule has 1 atom stereocenters. The average Bonchev–Trinajstić information content (AvgIpc) is 2.56. The van der Waals surface area contributed by atoms with E-state index in [4.69, 9.17) is 0 Å². The second-order valence-corrected chi connectivity index (χ2v) is 8.11. The third kappa shape index (κ3) is 4.60. The van der Waals surface area contributed by atoms with Crippen LogP contribution in [0.25, 0.3) is 0 Å². The van der Waals surface area contributed by atoms with Crippen molar-refractivity contribution in [2.45, 2.75) is 33.2 Å². The number of nitrogens with one attached hydrogen (secondary N) is 1. The van der Waals surface area contributed by atoms with Crippen LogP contribution in [-0.4, -0.2) is 26.6 Å². The largest absolute Gasteiger partial charge is 0.324 e. The first-order chi connectivity index (χ1) is 12.1. The molecule has 0 saturated carbocycles. The van der Waals surface area contributed by atoms with Crippen LogP contribution in [-0.2, 0) is 14.8 Å². The monoisotopic (exact) mass is 378 g/mol. The van der Waals surface area contributed by atoms with E-state index < -0.39 is 27.8 Å². The number of hydrogen-bond donors (Lipinski definition) is 1. The number of nitrogens with zero attached hydrogens (tertiary/aromatic N) is 1. The Hall–Kier alpha value is -2.41. The molecule has 1 amide bonds. The Morgan fingerprint density at radius 2 is 1.73 bits per heavy atom. The van der Waals surface area contributed by atoms with E-state index in [1.165, 1.54) is 24.3 Å². The van der Waals surface area contributed by atoms with Crippen LogP contribution in [0.15, 0.2) is 42.5 Å². The molecule has 0 unspecified atom stereocenters. The smallest absolute Gasteiger partial charge is 0.248 e. The summed E-state index contributed by atoms with van der Waals surface area (Å²) in [5, 5.41) is 2.78. The summed E-state index contributed by atoms with van der Waals surface area (Å²) >= 11 is 0. The lowest BCUT2D eigenvalue weighted by atomic mass is 10.1. The molecule has 0 aromatic heterocycles. The Balaban J connectivity index is 2.36. The highest BCUT2D eigenvalue weighted by atomic mass is 32.2. The molecule has 0 aliphatic carbocycles. The van der Waals surface area contributed by atoms with Crippen LogP contribution in [0.4, 0.5) is 15.8 Å². The molecule has 5 nitrogen and oxygen atoms in total. The van der Waals surface area contributed by atoms with Crippen molar-refractivity contribution < 1.29 is 17.6 Å². The molecule has 0 aliphatic rings. The first-order valence-corrected chi connectivity index (χ1v) is 10.1. The van der Waals surface area contributed by atoms with Crippen LogP contribution in [0.1, 0.15) is 24.5 Å². The van der Waals surface area contributed by atoms with Crippen molar-refractivity contribution in [2.24, 2.45) is 0 Å². The molecule has 0 spiro atoms. The molecule has 26 heavy (non-hydrogen) atoms. The highest BCUT2D eigenvalue weighted by Gasteiger charge is 2.31. The van der Waals surface area contributed by atoms with Crippen molar-refractivity contribution >= 4 is 27.3 Å². The molecule has 1 N–H and O–H groups in total. The van der Waals surface area contributed by atoms with Gasteiger partial charge in [0.25, 0.3) is 0 Å². The Morgan fingerprint density at radius 3 is 2.23 bits per heavy atom. The van der Waals surface area contributed by atoms with Crippen molar-refractivity contribution in [3.63, 3.8) is 0 Å². The zero-order valence-corrected chi connectivity index (χ0v) is 16.1. The molecule has 2 aromatic rings. The normalized spacial score (nSPS) is 12.5. The van der Waals surface area contributed by atoms with Crippen LogP contribution < -0.4 is 9.62 Å². The minimum absolute atomic E-state index is 0.246. The van der Waals surface area contributed by atoms with Gasteiger partial charge in [0.2, 0.25) is 15.9 Å². The Bertz CT molecular complexity index is 896. The van der Waals surface area contributed by atoms with E-state index >= 15 is 0 Å². The highest BCUT2D eigenvalue weighted by molar-refractivity contribution is 7.92. The molecule has 0 saturated heterocycles. The number of rotatable bonds is 6. The zero-order chi connectivity index (χ0) is 19.5. The molecule has 7 heteroatoms. The van der Waals surface area contributed by atoms with E-state index in [0.29, 0.717) is 5.69 Å². The SMILES string of the molecule is CC[C@H](C(=O)Nc1ccc(C)c(C)c1)N(c1ccc(F)cc1)S(C)(=O)=O. The maximum Gasteiger partial charge on any atom is 0.248 e. The maximum absolute atomic E-state index is 13.2. The Morgan fingerprint density at radius 1 is 1.12 bits per heavy atom. The Kier molecular flexibility index (Phi) is 6.02. The number of benzene rings is 2. The van der Waals surface area contributed by atoms with Gasteiger partial charge < -0.3 is 5.32 Å². The molecule has 2 aromatic carbocycles. The van der Waals surface area contributed by atoms with Gasteiger partial charge in [-0.2, -0.15) is 0 Å². The van der Waals surface area contributed by atoms with Gasteiger partial charge in [-0.05, 0) is 67.8 Å². The van der Waals surface area contributed by atoms with Crippen LogP contribution in [0.3, 0.4) is 0 Å². The summed E-state index contributed by atoms with van der Waals surface area (Å²) in [5.74, 6) is -0.916. The van der Waals surface area contributed by atoms with E-state index in [9.17, 15) is 17.6 Å². The molecule has 0 heterocycles. The van der Waals surface area contributed by atoms with Crippen molar-refractivity contribution in [1.29, 1.82) is 0 Å². The molecule has 2 rings (SSSR count). The van der Waals surface area contributed by atoms with Crippen molar-refractivity contribution in [3.05, 3.63) is 59.4 Å². The lowest BCUT2D eigenvalue weighted by Gasteiger charge is -2.30. The fourth-order valence-electron chi connectivity index (χ4n) is 2.69. The van der Waals surface area contributed by atoms with E-state index in [2.05, 4.69) is 5.32 Å². The third-order valence-electron chi connectivity index (χ3n) is 4.19. The van der Waals surface area contributed by atoms with Gasteiger partial charge in [0.05, 0.1) is 11.9 Å². The van der Waals surface area contributed by atoms with E-state index in [1.807, 2.05) is 26.0 Å². The average molecular weight is 378 g/mol. The first-order valence-electron chi connectivity index (χ1n) is 8.26. The molecular formula is C19H23FN2O3S. The summed E-state index contributed by atoms with van der Waals surface area (Å²) in [6, 6.07) is 9.59. The lowest BCUT2D eigenvalue weighted by Crippen LogP contribution is -2.47. The Labute approximate surface area is 153 Å². The van der Waals surface area contributed by atoms with Gasteiger partial charge in [0.1, 0.15) is 11.9 Å². The van der Waals surface area contributed by atoms with Crippen molar-refractivity contribution in [3.8, 4) is 0 Å². The summed E-state index contributed by atoms with van der Waals surface area (Å²) in [6.45, 7) is 5.63. The minimum atomic E-state index is -3.74. The van der Waals surface area contributed by atoms with Gasteiger partial charge in [-0.25, -0.2) is 12.8 Å². The summed E-state index contributed by atoms with van der Waals surface area (Å²) in [4.78, 5) is 12.8. The predicted octanol–water partition coefficient (Wildman–Crippen LogP) is 3.63. The maximum atomic E-state index is 13.2. The molecule has 0 radical (unpaired) electrons. The van der Waals surface area contributed by atoms with Crippen LogP contribution in [0.2, 0.25) is 0 Å². The van der Waals surface area contributed by atoms with Crippen molar-refractivity contribution in [1.82, 2.24) is 0 Å². The number of hydrogen-bond acceptors (Lipinski definition) is 3. The molecule has 0 aliphatic heterocycles. The number of anilines is 2. The fourth-order valence-corrected chi connectivity index (χ4v) is 3.90. The van der Waals surface area contributed by atoms with Gasteiger partial charge in [-0.15, -0.1) is 0 Å². The summed E-state index contributed by atoms with van der Waals surface area (Å²) in [5.41, 5.74) is 2.97. The lowest BCUT2D eigenvalue weighted by molar-refractivity contribution is -0.117. The minimum Gasteiger partial charge on any atom is -0.324 e. The standard InChI is InChI=1S/C19H23FN2O3S/c1-5-18(19(23)21-16-9-6-13(2)14(3)12-16)22(26(4,24)25)17-10-7-15(20)8-11-17/h6-12,18H,5H2,1-4H3,(H,21,23)/t18-/m1/s1. The number of halogens is 1. The predicted molar refractivity (Wildman–Crippen MR) is 102 cm³/mol. The number of sulfonamides is 1. The van der Waals surface area contributed by atoms with Gasteiger partial charge in [0.15, 0.2) is 0 Å². The van der Waals surface area contributed by atoms with Crippen molar-refractivity contribution in [2.75, 3.05) is 15.9 Å². The summed E-state index contributed by atoms with van der Waals surface area (Å²) in [6.07, 6.45) is 1.30. The summed E-state index contributed by atoms with van der Waals surface area (Å²) in [7, 11) is -3.74. The van der Waals surface area contributed by atoms with Crippen LogP contribution in [0, 0.1) is 19.7 Å². The topological polar surface area (TPSA) is 66.5 Å². The van der Waals surface area contributed by atoms with Crippen LogP contribution >= 0.6 is 0 Å². The van der Waals surface area contributed by atoms with Gasteiger partial charge in [-0.3, -0.25) is 9.10 Å². The van der Waals surface area contributed by atoms with Gasteiger partial charge in [0, 0.05) is 5.69 Å². The van der Waals surface area contributed by atoms with Crippen LogP contribution in [0.5, 0.6) is 0 Å². The van der Waals surface area contributed by atoms with Gasteiger partial charge >= 0.3 is 0 Å². The second-order valence-electron chi connectivity index (χ2n) is 6.25. The number of carbonyl (C=O) groups is 1. The third-order valence-corrected chi connectivity index (χ3v) is 5.37. The summed E-state index contributed by atoms with van der Waals surface area (Å²) < 4.78 is 38.9. The van der Waals surface area contributed by atoms with E-state index in [-0.39, 0.29) is 12.1 Å². The zero-order valence-electron chi connectivity index (χ0n) is 15.3. The quantitative estimate of drug-likeness (QED) is 0.835. The molecule has 0 bridgehead atoms. The van der Waals surface area contributed by atoms with E-state index in [0.717, 1.165) is 21.7 Å². The first kappa shape index (κ1) is 19.9. The fraction of sp³-hybridized carbons (Fsp3) is 0.316. The number of amides is 1. The number of carbonyl (C=O) groups excluding carboxylic acids is 1.